The Morgan fingerprint density at radius 2 is 1.81 bits per heavy atom. The van der Waals surface area contributed by atoms with E-state index >= 15 is 0 Å². The van der Waals surface area contributed by atoms with Crippen molar-refractivity contribution in [2.45, 2.75) is 26.2 Å². The van der Waals surface area contributed by atoms with Gasteiger partial charge in [-0.25, -0.2) is 4.72 Å². The van der Waals surface area contributed by atoms with E-state index in [1.807, 2.05) is 6.07 Å². The predicted molar refractivity (Wildman–Crippen MR) is 107 cm³/mol. The van der Waals surface area contributed by atoms with Crippen LogP contribution in [0.3, 0.4) is 0 Å². The first-order valence-corrected chi connectivity index (χ1v) is 11.3. The average Bonchev–Trinajstić information content (AvgIpc) is 2.66. The van der Waals surface area contributed by atoms with Gasteiger partial charge in [0.15, 0.2) is 0 Å². The lowest BCUT2D eigenvalue weighted by molar-refractivity contribution is 0.254. The summed E-state index contributed by atoms with van der Waals surface area (Å²) in [6.45, 7) is 9.02. The number of nitrogens with zero attached hydrogens (tertiary/aromatic N) is 3. The Bertz CT molecular complexity index is 645. The summed E-state index contributed by atoms with van der Waals surface area (Å²) in [4.78, 5) is 4.84. The highest BCUT2D eigenvalue weighted by Crippen LogP contribution is 2.18. The minimum absolute atomic E-state index is 0.459. The molecule has 0 amide bonds. The Kier molecular flexibility index (Phi) is 6.92. The fraction of sp³-hybridized carbons (Fsp3) is 0.684. The first kappa shape index (κ1) is 19.6. The van der Waals surface area contributed by atoms with Gasteiger partial charge in [0.25, 0.3) is 10.2 Å². The van der Waals surface area contributed by atoms with E-state index in [2.05, 4.69) is 45.7 Å². The zero-order valence-corrected chi connectivity index (χ0v) is 16.6. The number of piperazine rings is 1. The molecular formula is C19H32N4O2S. The van der Waals surface area contributed by atoms with Gasteiger partial charge >= 0.3 is 0 Å². The molecule has 7 heteroatoms. The number of rotatable bonds is 7. The minimum Gasteiger partial charge on any atom is -0.369 e. The molecule has 1 N–H and O–H groups in total. The average molecular weight is 381 g/mol. The smallest absolute Gasteiger partial charge is 0.279 e. The van der Waals surface area contributed by atoms with Crippen LogP contribution in [0.1, 0.15) is 26.2 Å². The van der Waals surface area contributed by atoms with E-state index in [9.17, 15) is 8.42 Å². The van der Waals surface area contributed by atoms with Crippen molar-refractivity contribution in [2.24, 2.45) is 5.92 Å². The molecule has 0 spiro atoms. The molecule has 146 valence electrons. The summed E-state index contributed by atoms with van der Waals surface area (Å²) in [5, 5.41) is 0. The van der Waals surface area contributed by atoms with Crippen molar-refractivity contribution >= 4 is 15.9 Å². The lowest BCUT2D eigenvalue weighted by Gasteiger charge is -2.36. The standard InChI is InChI=1S/C19H32N4O2S/c1-18-7-5-12-23(17-18)26(24,25)20-10-6-11-21-13-15-22(16-14-21)19-8-3-2-4-9-19/h2-4,8-9,18,20H,5-7,10-17H2,1H3/t18-/m0/s1. The van der Waals surface area contributed by atoms with Crippen molar-refractivity contribution in [3.8, 4) is 0 Å². The molecule has 2 heterocycles. The molecule has 0 bridgehead atoms. The molecule has 0 aliphatic carbocycles. The van der Waals surface area contributed by atoms with E-state index < -0.39 is 10.2 Å². The largest absolute Gasteiger partial charge is 0.369 e. The normalized spacial score (nSPS) is 23.3. The van der Waals surface area contributed by atoms with E-state index in [0.717, 1.165) is 52.0 Å². The van der Waals surface area contributed by atoms with Crippen LogP contribution >= 0.6 is 0 Å². The summed E-state index contributed by atoms with van der Waals surface area (Å²) >= 11 is 0. The van der Waals surface area contributed by atoms with Gasteiger partial charge in [-0.05, 0) is 43.9 Å². The number of hydrogen-bond acceptors (Lipinski definition) is 4. The lowest BCUT2D eigenvalue weighted by Crippen LogP contribution is -2.48. The topological polar surface area (TPSA) is 55.9 Å². The van der Waals surface area contributed by atoms with Crippen molar-refractivity contribution in [2.75, 3.05) is 57.3 Å². The van der Waals surface area contributed by atoms with Gasteiger partial charge < -0.3 is 4.90 Å². The second-order valence-corrected chi connectivity index (χ2v) is 9.28. The molecule has 0 radical (unpaired) electrons. The van der Waals surface area contributed by atoms with E-state index in [1.165, 1.54) is 5.69 Å². The summed E-state index contributed by atoms with van der Waals surface area (Å²) in [7, 11) is -3.31. The fourth-order valence-electron chi connectivity index (χ4n) is 3.83. The van der Waals surface area contributed by atoms with Crippen LogP contribution in [0.5, 0.6) is 0 Å². The second kappa shape index (κ2) is 9.17. The first-order chi connectivity index (χ1) is 12.5. The van der Waals surface area contributed by atoms with Crippen LogP contribution < -0.4 is 9.62 Å². The Hall–Kier alpha value is -1.15. The Balaban J connectivity index is 1.34. The van der Waals surface area contributed by atoms with Crippen LogP contribution in [-0.2, 0) is 10.2 Å². The van der Waals surface area contributed by atoms with Crippen LogP contribution in [0.4, 0.5) is 5.69 Å². The molecule has 0 aromatic heterocycles. The number of anilines is 1. The van der Waals surface area contributed by atoms with Gasteiger partial charge in [0.1, 0.15) is 0 Å². The van der Waals surface area contributed by atoms with Gasteiger partial charge in [0.2, 0.25) is 0 Å². The Morgan fingerprint density at radius 1 is 1.08 bits per heavy atom. The molecule has 0 unspecified atom stereocenters. The highest BCUT2D eigenvalue weighted by atomic mass is 32.2. The summed E-state index contributed by atoms with van der Waals surface area (Å²) in [5.41, 5.74) is 1.29. The van der Waals surface area contributed by atoms with Crippen LogP contribution in [0.15, 0.2) is 30.3 Å². The van der Waals surface area contributed by atoms with E-state index in [0.29, 0.717) is 25.6 Å². The van der Waals surface area contributed by atoms with Crippen molar-refractivity contribution in [1.29, 1.82) is 0 Å². The maximum absolute atomic E-state index is 12.4. The molecule has 1 aromatic rings. The maximum atomic E-state index is 12.4. The summed E-state index contributed by atoms with van der Waals surface area (Å²) in [6.07, 6.45) is 2.95. The second-order valence-electron chi connectivity index (χ2n) is 7.52. The van der Waals surface area contributed by atoms with Gasteiger partial charge in [-0.15, -0.1) is 0 Å². The van der Waals surface area contributed by atoms with Crippen LogP contribution in [-0.4, -0.2) is 70.0 Å². The minimum atomic E-state index is -3.31. The van der Waals surface area contributed by atoms with Gasteiger partial charge in [0, 0.05) is 51.5 Å². The van der Waals surface area contributed by atoms with E-state index in [1.54, 1.807) is 4.31 Å². The third-order valence-electron chi connectivity index (χ3n) is 5.39. The monoisotopic (exact) mass is 380 g/mol. The predicted octanol–water partition coefficient (Wildman–Crippen LogP) is 1.76. The summed E-state index contributed by atoms with van der Waals surface area (Å²) in [5.74, 6) is 0.459. The number of piperidine rings is 1. The number of para-hydroxylation sites is 1. The molecule has 1 aromatic carbocycles. The maximum Gasteiger partial charge on any atom is 0.279 e. The molecule has 0 saturated carbocycles. The third kappa shape index (κ3) is 5.42. The van der Waals surface area contributed by atoms with E-state index in [4.69, 9.17) is 0 Å². The van der Waals surface area contributed by atoms with Gasteiger partial charge in [-0.1, -0.05) is 25.1 Å². The van der Waals surface area contributed by atoms with Crippen LogP contribution in [0.2, 0.25) is 0 Å². The van der Waals surface area contributed by atoms with Crippen molar-refractivity contribution in [3.63, 3.8) is 0 Å². The molecule has 3 rings (SSSR count). The van der Waals surface area contributed by atoms with E-state index in [-0.39, 0.29) is 0 Å². The molecule has 2 aliphatic rings. The van der Waals surface area contributed by atoms with Crippen LogP contribution in [0.25, 0.3) is 0 Å². The molecule has 2 saturated heterocycles. The molecule has 2 fully saturated rings. The zero-order valence-electron chi connectivity index (χ0n) is 15.8. The van der Waals surface area contributed by atoms with Gasteiger partial charge in [-0.3, -0.25) is 4.90 Å². The Labute approximate surface area is 158 Å². The van der Waals surface area contributed by atoms with Crippen molar-refractivity contribution in [3.05, 3.63) is 30.3 Å². The number of nitrogens with one attached hydrogen (secondary N) is 1. The highest BCUT2D eigenvalue weighted by Gasteiger charge is 2.26. The molecule has 1 atom stereocenters. The highest BCUT2D eigenvalue weighted by molar-refractivity contribution is 7.87. The number of benzene rings is 1. The lowest BCUT2D eigenvalue weighted by atomic mass is 10.0. The Morgan fingerprint density at radius 3 is 2.50 bits per heavy atom. The van der Waals surface area contributed by atoms with Gasteiger partial charge in [0.05, 0.1) is 0 Å². The first-order valence-electron chi connectivity index (χ1n) is 9.82. The summed E-state index contributed by atoms with van der Waals surface area (Å²) < 4.78 is 29.1. The SMILES string of the molecule is C[C@H]1CCCN(S(=O)(=O)NCCCN2CCN(c3ccccc3)CC2)C1. The molecule has 6 nitrogen and oxygen atoms in total. The number of hydrogen-bond donors (Lipinski definition) is 1. The van der Waals surface area contributed by atoms with Crippen molar-refractivity contribution in [1.82, 2.24) is 13.9 Å². The fourth-order valence-corrected chi connectivity index (χ4v) is 5.23. The van der Waals surface area contributed by atoms with Gasteiger partial charge in [-0.2, -0.15) is 12.7 Å². The van der Waals surface area contributed by atoms with Crippen LogP contribution in [0, 0.1) is 5.92 Å². The van der Waals surface area contributed by atoms with Crippen molar-refractivity contribution < 1.29 is 8.42 Å². The third-order valence-corrected chi connectivity index (χ3v) is 6.97. The summed E-state index contributed by atoms with van der Waals surface area (Å²) in [6, 6.07) is 10.5. The zero-order chi connectivity index (χ0) is 18.4. The molecule has 26 heavy (non-hydrogen) atoms. The molecule has 2 aliphatic heterocycles. The molecular weight excluding hydrogens is 348 g/mol. The quantitative estimate of drug-likeness (QED) is 0.733.